The smallest absolute Gasteiger partial charge is 0.387 e. The molecule has 0 saturated carbocycles. The van der Waals surface area contributed by atoms with E-state index < -0.39 is 24.1 Å². The number of amides is 2. The van der Waals surface area contributed by atoms with Crippen molar-refractivity contribution < 1.29 is 23.1 Å². The summed E-state index contributed by atoms with van der Waals surface area (Å²) in [5.41, 5.74) is 1.09. The molecule has 1 unspecified atom stereocenters. The first kappa shape index (κ1) is 26.7. The Hall–Kier alpha value is -4.33. The topological polar surface area (TPSA) is 71.5 Å². The molecule has 0 radical (unpaired) electrons. The van der Waals surface area contributed by atoms with Gasteiger partial charge in [0, 0.05) is 29.2 Å². The van der Waals surface area contributed by atoms with Crippen LogP contribution in [0.1, 0.15) is 37.9 Å². The van der Waals surface area contributed by atoms with Gasteiger partial charge in [0.05, 0.1) is 6.42 Å². The fraction of sp³-hybridized carbons (Fsp3) is 0.233. The van der Waals surface area contributed by atoms with Crippen molar-refractivity contribution in [2.45, 2.75) is 45.4 Å². The number of fused-ring (bicyclic) bond motifs is 1. The molecule has 4 rings (SSSR count). The molecule has 0 aliphatic rings. The first-order chi connectivity index (χ1) is 18.1. The van der Waals surface area contributed by atoms with Crippen molar-refractivity contribution in [3.8, 4) is 5.75 Å². The number of pyridine rings is 1. The molecule has 3 aromatic carbocycles. The standard InChI is InChI=1S/C30H29F2N3O3/c1-30(2,3)34-28(37)27(22-11-7-17-33-19-22)35(23-13-15-24(16-14-23)38-29(31)32)26(36)18-21-10-6-9-20-8-4-5-12-25(20)21/h4-17,19,27,29H,18H2,1-3H3,(H,34,37). The van der Waals surface area contributed by atoms with Gasteiger partial charge in [0.1, 0.15) is 11.8 Å². The van der Waals surface area contributed by atoms with E-state index >= 15 is 0 Å². The van der Waals surface area contributed by atoms with Crippen molar-refractivity contribution in [3.05, 3.63) is 102 Å². The minimum atomic E-state index is -2.98. The lowest BCUT2D eigenvalue weighted by Crippen LogP contribution is -2.49. The second-order valence-electron chi connectivity index (χ2n) is 9.88. The second kappa shape index (κ2) is 11.4. The summed E-state index contributed by atoms with van der Waals surface area (Å²) in [7, 11) is 0. The van der Waals surface area contributed by atoms with Crippen LogP contribution in [-0.4, -0.2) is 28.9 Å². The van der Waals surface area contributed by atoms with Crippen molar-refractivity contribution in [3.63, 3.8) is 0 Å². The third-order valence-electron chi connectivity index (χ3n) is 5.84. The Bertz CT molecular complexity index is 1400. The van der Waals surface area contributed by atoms with Crippen LogP contribution in [0.3, 0.4) is 0 Å². The van der Waals surface area contributed by atoms with Gasteiger partial charge in [-0.25, -0.2) is 0 Å². The van der Waals surface area contributed by atoms with Crippen molar-refractivity contribution >= 4 is 28.3 Å². The maximum Gasteiger partial charge on any atom is 0.387 e. The molecule has 0 bridgehead atoms. The molecule has 0 saturated heterocycles. The molecule has 0 aliphatic carbocycles. The fourth-order valence-corrected chi connectivity index (χ4v) is 4.31. The van der Waals surface area contributed by atoms with Crippen LogP contribution in [0.15, 0.2) is 91.3 Å². The molecule has 1 atom stereocenters. The van der Waals surface area contributed by atoms with Gasteiger partial charge in [-0.15, -0.1) is 0 Å². The number of rotatable bonds is 8. The van der Waals surface area contributed by atoms with Crippen molar-refractivity contribution in [1.82, 2.24) is 10.3 Å². The number of hydrogen-bond donors (Lipinski definition) is 1. The van der Waals surface area contributed by atoms with E-state index in [-0.39, 0.29) is 18.1 Å². The Kier molecular flexibility index (Phi) is 8.00. The third-order valence-corrected chi connectivity index (χ3v) is 5.84. The number of aromatic nitrogens is 1. The largest absolute Gasteiger partial charge is 0.435 e. The zero-order valence-corrected chi connectivity index (χ0v) is 21.4. The van der Waals surface area contributed by atoms with Gasteiger partial charge >= 0.3 is 6.61 Å². The quantitative estimate of drug-likeness (QED) is 0.308. The number of anilines is 1. The summed E-state index contributed by atoms with van der Waals surface area (Å²) in [6.07, 6.45) is 3.14. The highest BCUT2D eigenvalue weighted by Crippen LogP contribution is 2.31. The summed E-state index contributed by atoms with van der Waals surface area (Å²) >= 11 is 0. The van der Waals surface area contributed by atoms with Crippen LogP contribution in [0, 0.1) is 0 Å². The van der Waals surface area contributed by atoms with Gasteiger partial charge in [-0.2, -0.15) is 8.78 Å². The minimum Gasteiger partial charge on any atom is -0.435 e. The zero-order chi connectivity index (χ0) is 27.3. The van der Waals surface area contributed by atoms with Crippen LogP contribution < -0.4 is 15.0 Å². The number of carbonyl (C=O) groups is 2. The molecule has 2 amide bonds. The molecule has 0 aliphatic heterocycles. The molecule has 1 N–H and O–H groups in total. The lowest BCUT2D eigenvalue weighted by Gasteiger charge is -2.34. The monoisotopic (exact) mass is 517 g/mol. The number of benzene rings is 3. The number of carbonyl (C=O) groups excluding carboxylic acids is 2. The Labute approximate surface area is 220 Å². The summed E-state index contributed by atoms with van der Waals surface area (Å²) in [5.74, 6) is -0.797. The first-order valence-corrected chi connectivity index (χ1v) is 12.2. The lowest BCUT2D eigenvalue weighted by atomic mass is 9.99. The van der Waals surface area contributed by atoms with E-state index in [1.807, 2.05) is 63.2 Å². The van der Waals surface area contributed by atoms with E-state index in [1.54, 1.807) is 24.5 Å². The molecule has 6 nitrogen and oxygen atoms in total. The van der Waals surface area contributed by atoms with Crippen LogP contribution in [0.5, 0.6) is 5.75 Å². The first-order valence-electron chi connectivity index (χ1n) is 12.2. The Morgan fingerprint density at radius 1 is 0.947 bits per heavy atom. The molecule has 1 heterocycles. The molecule has 4 aromatic rings. The summed E-state index contributed by atoms with van der Waals surface area (Å²) in [5, 5.41) is 4.89. The molecule has 0 spiro atoms. The van der Waals surface area contributed by atoms with Crippen molar-refractivity contribution in [1.29, 1.82) is 0 Å². The number of alkyl halides is 2. The van der Waals surface area contributed by atoms with Crippen molar-refractivity contribution in [2.24, 2.45) is 0 Å². The SMILES string of the molecule is CC(C)(C)NC(=O)C(c1cccnc1)N(C(=O)Cc1cccc2ccccc12)c1ccc(OC(F)F)cc1. The Balaban J connectivity index is 1.81. The fourth-order valence-electron chi connectivity index (χ4n) is 4.31. The van der Waals surface area contributed by atoms with Gasteiger partial charge in [0.15, 0.2) is 0 Å². The van der Waals surface area contributed by atoms with Gasteiger partial charge in [-0.1, -0.05) is 48.5 Å². The van der Waals surface area contributed by atoms with Gasteiger partial charge in [0.2, 0.25) is 11.8 Å². The highest BCUT2D eigenvalue weighted by molar-refractivity contribution is 6.03. The van der Waals surface area contributed by atoms with Crippen LogP contribution in [0.25, 0.3) is 10.8 Å². The molecule has 1 aromatic heterocycles. The maximum atomic E-state index is 14.1. The third kappa shape index (κ3) is 6.51. The Morgan fingerprint density at radius 2 is 1.66 bits per heavy atom. The second-order valence-corrected chi connectivity index (χ2v) is 9.88. The number of ether oxygens (including phenoxy) is 1. The van der Waals surface area contributed by atoms with E-state index in [2.05, 4.69) is 15.0 Å². The summed E-state index contributed by atoms with van der Waals surface area (Å²) < 4.78 is 30.0. The average Bonchev–Trinajstić information content (AvgIpc) is 2.87. The summed E-state index contributed by atoms with van der Waals surface area (Å²) in [4.78, 5) is 33.3. The molecule has 196 valence electrons. The predicted octanol–water partition coefficient (Wildman–Crippen LogP) is 6.07. The summed E-state index contributed by atoms with van der Waals surface area (Å²) in [6.45, 7) is 2.57. The van der Waals surface area contributed by atoms with Crippen LogP contribution >= 0.6 is 0 Å². The number of nitrogens with zero attached hydrogens (tertiary/aromatic N) is 2. The highest BCUT2D eigenvalue weighted by Gasteiger charge is 2.34. The molecule has 0 fully saturated rings. The summed E-state index contributed by atoms with van der Waals surface area (Å²) in [6, 6.07) is 21.5. The van der Waals surface area contributed by atoms with E-state index in [0.29, 0.717) is 11.3 Å². The highest BCUT2D eigenvalue weighted by atomic mass is 19.3. The van der Waals surface area contributed by atoms with Crippen LogP contribution in [0.4, 0.5) is 14.5 Å². The molecular weight excluding hydrogens is 488 g/mol. The predicted molar refractivity (Wildman–Crippen MR) is 143 cm³/mol. The Morgan fingerprint density at radius 3 is 2.32 bits per heavy atom. The van der Waals surface area contributed by atoms with Gasteiger partial charge in [-0.05, 0) is 67.4 Å². The van der Waals surface area contributed by atoms with Gasteiger partial charge in [-0.3, -0.25) is 19.5 Å². The molecular formula is C30H29F2N3O3. The normalized spacial score (nSPS) is 12.3. The number of hydrogen-bond acceptors (Lipinski definition) is 4. The number of nitrogens with one attached hydrogen (secondary N) is 1. The van der Waals surface area contributed by atoms with Gasteiger partial charge < -0.3 is 10.1 Å². The van der Waals surface area contributed by atoms with Gasteiger partial charge in [0.25, 0.3) is 0 Å². The van der Waals surface area contributed by atoms with Crippen LogP contribution in [0.2, 0.25) is 0 Å². The van der Waals surface area contributed by atoms with Crippen molar-refractivity contribution in [2.75, 3.05) is 4.90 Å². The van der Waals surface area contributed by atoms with E-state index in [1.165, 1.54) is 29.2 Å². The zero-order valence-electron chi connectivity index (χ0n) is 21.4. The maximum absolute atomic E-state index is 14.1. The van der Waals surface area contributed by atoms with E-state index in [0.717, 1.165) is 16.3 Å². The number of halogens is 2. The lowest BCUT2D eigenvalue weighted by molar-refractivity contribution is -0.127. The van der Waals surface area contributed by atoms with Crippen LogP contribution in [-0.2, 0) is 16.0 Å². The minimum absolute atomic E-state index is 0.0101. The van der Waals surface area contributed by atoms with E-state index in [4.69, 9.17) is 0 Å². The molecule has 38 heavy (non-hydrogen) atoms. The average molecular weight is 518 g/mol. The molecule has 8 heteroatoms. The van der Waals surface area contributed by atoms with E-state index in [9.17, 15) is 18.4 Å².